The van der Waals surface area contributed by atoms with Crippen LogP contribution in [-0.2, 0) is 7.05 Å². The molecule has 0 amide bonds. The normalized spacial score (nSPS) is 10.9. The highest BCUT2D eigenvalue weighted by molar-refractivity contribution is 5.89. The second kappa shape index (κ2) is 3.91. The van der Waals surface area contributed by atoms with Gasteiger partial charge in [-0.1, -0.05) is 0 Å². The summed E-state index contributed by atoms with van der Waals surface area (Å²) >= 11 is 0. The predicted molar refractivity (Wildman–Crippen MR) is 70.0 cm³/mol. The maximum atomic E-state index is 12.1. The standard InChI is InChI=1S/C14H17NO2/c1-8-6-12(17-5)14-13(10(8)3)11(16)7-9(2)15(14)4/h6-7H,1-5H3. The van der Waals surface area contributed by atoms with Crippen molar-refractivity contribution in [3.8, 4) is 5.75 Å². The van der Waals surface area contributed by atoms with Crippen molar-refractivity contribution in [3.05, 3.63) is 39.2 Å². The highest BCUT2D eigenvalue weighted by Gasteiger charge is 2.13. The van der Waals surface area contributed by atoms with E-state index in [2.05, 4.69) is 0 Å². The van der Waals surface area contributed by atoms with Gasteiger partial charge in [-0.3, -0.25) is 4.79 Å². The molecule has 2 aromatic rings. The van der Waals surface area contributed by atoms with Crippen LogP contribution in [0.3, 0.4) is 0 Å². The molecule has 0 unspecified atom stereocenters. The molecule has 17 heavy (non-hydrogen) atoms. The summed E-state index contributed by atoms with van der Waals surface area (Å²) in [6.07, 6.45) is 0. The van der Waals surface area contributed by atoms with Crippen molar-refractivity contribution in [2.75, 3.05) is 7.11 Å². The van der Waals surface area contributed by atoms with Gasteiger partial charge < -0.3 is 9.30 Å². The smallest absolute Gasteiger partial charge is 0.190 e. The van der Waals surface area contributed by atoms with E-state index in [1.807, 2.05) is 38.5 Å². The van der Waals surface area contributed by atoms with Crippen molar-refractivity contribution in [3.63, 3.8) is 0 Å². The number of methoxy groups -OCH3 is 1. The third-order valence-electron chi connectivity index (χ3n) is 3.46. The molecule has 1 aromatic heterocycles. The van der Waals surface area contributed by atoms with Crippen LogP contribution in [0.1, 0.15) is 16.8 Å². The predicted octanol–water partition coefficient (Wildman–Crippen LogP) is 2.47. The Hall–Kier alpha value is -1.77. The molecular weight excluding hydrogens is 214 g/mol. The Morgan fingerprint density at radius 1 is 1.18 bits per heavy atom. The van der Waals surface area contributed by atoms with Gasteiger partial charge in [-0.2, -0.15) is 0 Å². The molecule has 0 spiro atoms. The van der Waals surface area contributed by atoms with Gasteiger partial charge >= 0.3 is 0 Å². The number of aromatic nitrogens is 1. The van der Waals surface area contributed by atoms with Gasteiger partial charge in [0, 0.05) is 18.8 Å². The molecular formula is C14H17NO2. The molecule has 0 N–H and O–H groups in total. The minimum Gasteiger partial charge on any atom is -0.495 e. The highest BCUT2D eigenvalue weighted by Crippen LogP contribution is 2.28. The van der Waals surface area contributed by atoms with Crippen LogP contribution in [0.25, 0.3) is 10.9 Å². The van der Waals surface area contributed by atoms with E-state index < -0.39 is 0 Å². The lowest BCUT2D eigenvalue weighted by molar-refractivity contribution is 0.417. The summed E-state index contributed by atoms with van der Waals surface area (Å²) in [6.45, 7) is 5.90. The molecule has 0 radical (unpaired) electrons. The van der Waals surface area contributed by atoms with Crippen LogP contribution < -0.4 is 10.2 Å². The number of hydrogen-bond acceptors (Lipinski definition) is 2. The summed E-state index contributed by atoms with van der Waals surface area (Å²) < 4.78 is 7.40. The molecule has 2 rings (SSSR count). The zero-order valence-electron chi connectivity index (χ0n) is 10.9. The van der Waals surface area contributed by atoms with Crippen molar-refractivity contribution < 1.29 is 4.74 Å². The van der Waals surface area contributed by atoms with E-state index in [0.29, 0.717) is 0 Å². The summed E-state index contributed by atoms with van der Waals surface area (Å²) in [5.74, 6) is 0.756. The van der Waals surface area contributed by atoms with Crippen molar-refractivity contribution >= 4 is 10.9 Å². The fourth-order valence-electron chi connectivity index (χ4n) is 2.20. The maximum Gasteiger partial charge on any atom is 0.190 e. The van der Waals surface area contributed by atoms with Gasteiger partial charge in [0.2, 0.25) is 0 Å². The lowest BCUT2D eigenvalue weighted by Gasteiger charge is -2.15. The van der Waals surface area contributed by atoms with Crippen LogP contribution in [-0.4, -0.2) is 11.7 Å². The van der Waals surface area contributed by atoms with E-state index in [4.69, 9.17) is 4.74 Å². The Morgan fingerprint density at radius 2 is 1.82 bits per heavy atom. The van der Waals surface area contributed by atoms with Crippen molar-refractivity contribution in [2.24, 2.45) is 7.05 Å². The quantitative estimate of drug-likeness (QED) is 0.755. The van der Waals surface area contributed by atoms with Crippen molar-refractivity contribution in [1.82, 2.24) is 4.57 Å². The zero-order chi connectivity index (χ0) is 12.7. The summed E-state index contributed by atoms with van der Waals surface area (Å²) in [6, 6.07) is 3.66. The summed E-state index contributed by atoms with van der Waals surface area (Å²) in [5, 5.41) is 0.759. The number of pyridine rings is 1. The largest absolute Gasteiger partial charge is 0.495 e. The SMILES string of the molecule is COc1cc(C)c(C)c2c(=O)cc(C)n(C)c12. The van der Waals surface area contributed by atoms with Crippen LogP contribution in [0, 0.1) is 20.8 Å². The Labute approximate surface area is 101 Å². The topological polar surface area (TPSA) is 31.2 Å². The first-order valence-corrected chi connectivity index (χ1v) is 5.62. The molecule has 0 aliphatic heterocycles. The Balaban J connectivity index is 3.14. The maximum absolute atomic E-state index is 12.1. The molecule has 0 fully saturated rings. The summed E-state index contributed by atoms with van der Waals surface area (Å²) in [4.78, 5) is 12.1. The highest BCUT2D eigenvalue weighted by atomic mass is 16.5. The molecule has 3 heteroatoms. The fraction of sp³-hybridized carbons (Fsp3) is 0.357. The number of rotatable bonds is 1. The van der Waals surface area contributed by atoms with E-state index in [1.165, 1.54) is 0 Å². The number of aryl methyl sites for hydroxylation is 4. The van der Waals surface area contributed by atoms with E-state index >= 15 is 0 Å². The molecule has 1 aromatic carbocycles. The van der Waals surface area contributed by atoms with E-state index in [-0.39, 0.29) is 5.43 Å². The van der Waals surface area contributed by atoms with Gasteiger partial charge in [-0.15, -0.1) is 0 Å². The molecule has 3 nitrogen and oxygen atoms in total. The van der Waals surface area contributed by atoms with Crippen LogP contribution in [0.4, 0.5) is 0 Å². The third kappa shape index (κ3) is 1.62. The first-order valence-electron chi connectivity index (χ1n) is 5.62. The summed E-state index contributed by atoms with van der Waals surface area (Å²) in [7, 11) is 3.59. The first-order chi connectivity index (χ1) is 7.97. The monoisotopic (exact) mass is 231 g/mol. The van der Waals surface area contributed by atoms with Gasteiger partial charge in [0.15, 0.2) is 5.43 Å². The average molecular weight is 231 g/mol. The average Bonchev–Trinajstić information content (AvgIpc) is 2.29. The van der Waals surface area contributed by atoms with Gasteiger partial charge in [0.05, 0.1) is 18.0 Å². The zero-order valence-corrected chi connectivity index (χ0v) is 10.9. The van der Waals surface area contributed by atoms with Gasteiger partial charge in [0.25, 0.3) is 0 Å². The second-order valence-corrected chi connectivity index (χ2v) is 4.45. The van der Waals surface area contributed by atoms with Crippen LogP contribution >= 0.6 is 0 Å². The number of hydrogen-bond donors (Lipinski definition) is 0. The minimum absolute atomic E-state index is 0.0649. The molecule has 0 aliphatic carbocycles. The van der Waals surface area contributed by atoms with E-state index in [1.54, 1.807) is 13.2 Å². The number of fused-ring (bicyclic) bond motifs is 1. The van der Waals surface area contributed by atoms with Crippen LogP contribution in [0.2, 0.25) is 0 Å². The lowest BCUT2D eigenvalue weighted by Crippen LogP contribution is -2.12. The van der Waals surface area contributed by atoms with E-state index in [9.17, 15) is 4.79 Å². The number of nitrogens with zero attached hydrogens (tertiary/aromatic N) is 1. The van der Waals surface area contributed by atoms with Crippen LogP contribution in [0.5, 0.6) is 5.75 Å². The van der Waals surface area contributed by atoms with Crippen molar-refractivity contribution in [2.45, 2.75) is 20.8 Å². The van der Waals surface area contributed by atoms with Gasteiger partial charge in [-0.05, 0) is 38.0 Å². The molecule has 0 bridgehead atoms. The molecule has 0 atom stereocenters. The Kier molecular flexibility index (Phi) is 2.69. The first kappa shape index (κ1) is 11.7. The lowest BCUT2D eigenvalue weighted by atomic mass is 10.0. The molecule has 0 saturated heterocycles. The van der Waals surface area contributed by atoms with Crippen LogP contribution in [0.15, 0.2) is 16.9 Å². The number of benzene rings is 1. The van der Waals surface area contributed by atoms with Crippen molar-refractivity contribution in [1.29, 1.82) is 0 Å². The van der Waals surface area contributed by atoms with E-state index in [0.717, 1.165) is 33.5 Å². The molecule has 1 heterocycles. The minimum atomic E-state index is 0.0649. The summed E-state index contributed by atoms with van der Waals surface area (Å²) in [5.41, 5.74) is 3.98. The Bertz CT molecular complexity index is 654. The van der Waals surface area contributed by atoms with Gasteiger partial charge in [-0.25, -0.2) is 0 Å². The Morgan fingerprint density at radius 3 is 2.41 bits per heavy atom. The number of ether oxygens (including phenoxy) is 1. The molecule has 0 saturated carbocycles. The molecule has 90 valence electrons. The molecule has 0 aliphatic rings. The third-order valence-corrected chi connectivity index (χ3v) is 3.46. The van der Waals surface area contributed by atoms with Gasteiger partial charge in [0.1, 0.15) is 5.75 Å². The second-order valence-electron chi connectivity index (χ2n) is 4.45. The fourth-order valence-corrected chi connectivity index (χ4v) is 2.20.